The van der Waals surface area contributed by atoms with Crippen LogP contribution in [0.15, 0.2) is 18.2 Å². The van der Waals surface area contributed by atoms with Gasteiger partial charge in [-0.1, -0.05) is 20.8 Å². The van der Waals surface area contributed by atoms with Gasteiger partial charge >= 0.3 is 0 Å². The van der Waals surface area contributed by atoms with Crippen LogP contribution in [0, 0.1) is 11.6 Å². The van der Waals surface area contributed by atoms with Crippen LogP contribution in [0.1, 0.15) is 45.8 Å². The Balaban J connectivity index is 3.16. The molecule has 0 saturated heterocycles. The minimum atomic E-state index is -0.928. The lowest BCUT2D eigenvalue weighted by Crippen LogP contribution is -2.50. The molecule has 0 fully saturated rings. The molecule has 0 aliphatic carbocycles. The summed E-state index contributed by atoms with van der Waals surface area (Å²) in [6.07, 6.45) is -0.240. The highest BCUT2D eigenvalue weighted by molar-refractivity contribution is 5.23. The van der Waals surface area contributed by atoms with Gasteiger partial charge < -0.3 is 5.11 Å². The van der Waals surface area contributed by atoms with E-state index in [4.69, 9.17) is 0 Å². The molecule has 1 rings (SSSR count). The molecule has 19 heavy (non-hydrogen) atoms. The van der Waals surface area contributed by atoms with Gasteiger partial charge in [0.05, 0.1) is 6.10 Å². The van der Waals surface area contributed by atoms with Gasteiger partial charge in [-0.15, -0.1) is 0 Å². The third-order valence-corrected chi connectivity index (χ3v) is 3.99. The molecule has 1 aromatic rings. The Morgan fingerprint density at radius 1 is 1.11 bits per heavy atom. The lowest BCUT2D eigenvalue weighted by molar-refractivity contribution is -0.0216. The van der Waals surface area contributed by atoms with Crippen LogP contribution >= 0.6 is 0 Å². The molecule has 0 aliphatic rings. The Morgan fingerprint density at radius 3 is 1.95 bits per heavy atom. The Hall–Kier alpha value is -1.00. The van der Waals surface area contributed by atoms with Crippen molar-refractivity contribution in [2.24, 2.45) is 0 Å². The fourth-order valence-corrected chi connectivity index (χ4v) is 2.63. The van der Waals surface area contributed by atoms with E-state index in [0.717, 1.165) is 19.2 Å². The van der Waals surface area contributed by atoms with Crippen molar-refractivity contribution in [2.45, 2.75) is 45.8 Å². The summed E-state index contributed by atoms with van der Waals surface area (Å²) in [5, 5.41) is 10.5. The second-order valence-electron chi connectivity index (χ2n) is 4.99. The van der Waals surface area contributed by atoms with E-state index >= 15 is 0 Å². The number of aliphatic hydroxyl groups excluding tert-OH is 1. The molecule has 2 nitrogen and oxygen atoms in total. The summed E-state index contributed by atoms with van der Waals surface area (Å²) in [5.41, 5.74) is -0.252. The number of rotatable bonds is 6. The van der Waals surface area contributed by atoms with Gasteiger partial charge in [0.2, 0.25) is 0 Å². The summed E-state index contributed by atoms with van der Waals surface area (Å²) < 4.78 is 26.6. The SMILES string of the molecule is CCN(CC)C(C)(CC)C(O)c1cc(F)cc(F)c1. The van der Waals surface area contributed by atoms with Crippen molar-refractivity contribution in [1.29, 1.82) is 0 Å². The van der Waals surface area contributed by atoms with Gasteiger partial charge in [0, 0.05) is 11.6 Å². The van der Waals surface area contributed by atoms with E-state index in [0.29, 0.717) is 6.42 Å². The van der Waals surface area contributed by atoms with E-state index in [2.05, 4.69) is 4.90 Å². The lowest BCUT2D eigenvalue weighted by atomic mass is 9.85. The maximum absolute atomic E-state index is 13.3. The molecule has 0 radical (unpaired) electrons. The average molecular weight is 271 g/mol. The van der Waals surface area contributed by atoms with Crippen LogP contribution in [0.25, 0.3) is 0 Å². The zero-order chi connectivity index (χ0) is 14.6. The Morgan fingerprint density at radius 2 is 1.58 bits per heavy atom. The first-order valence-corrected chi connectivity index (χ1v) is 6.78. The molecular weight excluding hydrogens is 248 g/mol. The number of halogens is 2. The number of likely N-dealkylation sites (N-methyl/N-ethyl adjacent to an activating group) is 1. The number of aliphatic hydroxyl groups is 1. The molecule has 0 spiro atoms. The molecule has 1 N–H and O–H groups in total. The summed E-state index contributed by atoms with van der Waals surface area (Å²) in [6.45, 7) is 9.46. The minimum absolute atomic E-state index is 0.286. The van der Waals surface area contributed by atoms with Gasteiger partial charge in [-0.2, -0.15) is 0 Å². The van der Waals surface area contributed by atoms with Gasteiger partial charge in [-0.05, 0) is 44.1 Å². The summed E-state index contributed by atoms with van der Waals surface area (Å²) in [4.78, 5) is 2.11. The molecular formula is C15H23F2NO. The maximum Gasteiger partial charge on any atom is 0.126 e. The van der Waals surface area contributed by atoms with Crippen LogP contribution in [0.2, 0.25) is 0 Å². The lowest BCUT2D eigenvalue weighted by Gasteiger charge is -2.43. The van der Waals surface area contributed by atoms with Crippen LogP contribution in [-0.4, -0.2) is 28.6 Å². The number of hydrogen-bond acceptors (Lipinski definition) is 2. The van der Waals surface area contributed by atoms with Crippen molar-refractivity contribution in [3.05, 3.63) is 35.4 Å². The standard InChI is InChI=1S/C15H23F2NO/c1-5-15(4,18(6-2)7-3)14(19)11-8-12(16)10-13(17)9-11/h8-10,14,19H,5-7H2,1-4H3. The van der Waals surface area contributed by atoms with Crippen molar-refractivity contribution in [3.8, 4) is 0 Å². The second-order valence-corrected chi connectivity index (χ2v) is 4.99. The van der Waals surface area contributed by atoms with E-state index in [9.17, 15) is 13.9 Å². The normalized spacial score (nSPS) is 16.4. The van der Waals surface area contributed by atoms with Crippen LogP contribution in [0.5, 0.6) is 0 Å². The van der Waals surface area contributed by atoms with Gasteiger partial charge in [0.25, 0.3) is 0 Å². The predicted molar refractivity (Wildman–Crippen MR) is 72.9 cm³/mol. The fraction of sp³-hybridized carbons (Fsp3) is 0.600. The van der Waals surface area contributed by atoms with Crippen LogP contribution < -0.4 is 0 Å². The van der Waals surface area contributed by atoms with Crippen molar-refractivity contribution in [2.75, 3.05) is 13.1 Å². The number of nitrogens with zero attached hydrogens (tertiary/aromatic N) is 1. The second kappa shape index (κ2) is 6.44. The van der Waals surface area contributed by atoms with E-state index < -0.39 is 23.3 Å². The quantitative estimate of drug-likeness (QED) is 0.856. The number of hydrogen-bond donors (Lipinski definition) is 1. The topological polar surface area (TPSA) is 23.5 Å². The monoisotopic (exact) mass is 271 g/mol. The molecule has 0 bridgehead atoms. The van der Waals surface area contributed by atoms with E-state index in [1.807, 2.05) is 27.7 Å². The average Bonchev–Trinajstić information content (AvgIpc) is 2.37. The first kappa shape index (κ1) is 16.1. The third-order valence-electron chi connectivity index (χ3n) is 3.99. The van der Waals surface area contributed by atoms with E-state index in [1.54, 1.807) is 0 Å². The molecule has 1 aromatic carbocycles. The Bertz CT molecular complexity index is 400. The van der Waals surface area contributed by atoms with Crippen LogP contribution in [0.3, 0.4) is 0 Å². The largest absolute Gasteiger partial charge is 0.386 e. The predicted octanol–water partition coefficient (Wildman–Crippen LogP) is 3.51. The third kappa shape index (κ3) is 3.31. The molecule has 108 valence electrons. The fourth-order valence-electron chi connectivity index (χ4n) is 2.63. The smallest absolute Gasteiger partial charge is 0.126 e. The van der Waals surface area contributed by atoms with Gasteiger partial charge in [-0.25, -0.2) is 8.78 Å². The van der Waals surface area contributed by atoms with Crippen LogP contribution in [-0.2, 0) is 0 Å². The molecule has 0 amide bonds. The van der Waals surface area contributed by atoms with Gasteiger partial charge in [0.1, 0.15) is 11.6 Å². The highest BCUT2D eigenvalue weighted by Gasteiger charge is 2.37. The summed E-state index contributed by atoms with van der Waals surface area (Å²) in [6, 6.07) is 3.22. The van der Waals surface area contributed by atoms with Crippen molar-refractivity contribution in [3.63, 3.8) is 0 Å². The Labute approximate surface area is 114 Å². The summed E-state index contributed by atoms with van der Waals surface area (Å²) in [7, 11) is 0. The van der Waals surface area contributed by atoms with Crippen molar-refractivity contribution in [1.82, 2.24) is 4.90 Å². The molecule has 0 saturated carbocycles. The molecule has 4 heteroatoms. The summed E-state index contributed by atoms with van der Waals surface area (Å²) >= 11 is 0. The molecule has 2 unspecified atom stereocenters. The molecule has 0 aliphatic heterocycles. The van der Waals surface area contributed by atoms with Crippen LogP contribution in [0.4, 0.5) is 8.78 Å². The maximum atomic E-state index is 13.3. The first-order valence-electron chi connectivity index (χ1n) is 6.78. The zero-order valence-corrected chi connectivity index (χ0v) is 12.1. The van der Waals surface area contributed by atoms with E-state index in [-0.39, 0.29) is 5.56 Å². The highest BCUT2D eigenvalue weighted by atomic mass is 19.1. The first-order chi connectivity index (χ1) is 8.88. The van der Waals surface area contributed by atoms with Gasteiger partial charge in [0.15, 0.2) is 0 Å². The molecule has 2 atom stereocenters. The molecule has 0 heterocycles. The van der Waals surface area contributed by atoms with E-state index in [1.165, 1.54) is 12.1 Å². The molecule has 0 aromatic heterocycles. The van der Waals surface area contributed by atoms with Crippen molar-refractivity contribution >= 4 is 0 Å². The highest BCUT2D eigenvalue weighted by Crippen LogP contribution is 2.34. The summed E-state index contributed by atoms with van der Waals surface area (Å²) in [5.74, 6) is -1.32. The minimum Gasteiger partial charge on any atom is -0.386 e. The number of benzene rings is 1. The van der Waals surface area contributed by atoms with Gasteiger partial charge in [-0.3, -0.25) is 4.90 Å². The zero-order valence-electron chi connectivity index (χ0n) is 12.1. The van der Waals surface area contributed by atoms with Crippen molar-refractivity contribution < 1.29 is 13.9 Å². The Kier molecular flexibility index (Phi) is 5.44.